The monoisotopic (exact) mass is 308 g/mol. The van der Waals surface area contributed by atoms with Crippen LogP contribution < -0.4 is 0 Å². The van der Waals surface area contributed by atoms with Crippen LogP contribution in [0.1, 0.15) is 44.8 Å². The first-order valence-corrected chi connectivity index (χ1v) is 6.93. The van der Waals surface area contributed by atoms with Crippen molar-refractivity contribution in [3.05, 3.63) is 34.6 Å². The lowest BCUT2D eigenvalue weighted by Crippen LogP contribution is -2.26. The van der Waals surface area contributed by atoms with Crippen molar-refractivity contribution in [2.75, 3.05) is 0 Å². The Morgan fingerprint density at radius 1 is 0.762 bits per heavy atom. The summed E-state index contributed by atoms with van der Waals surface area (Å²) >= 11 is 0. The standard InChI is InChI=1S/C15H17F5O/c1-6-3-7(2)5-8(4-6)15(21)9-10(16)12(18)14(20)13(19)11(9)17/h6-8,15,21H,3-5H2,1-2H3. The molecule has 6 heteroatoms. The smallest absolute Gasteiger partial charge is 0.200 e. The maximum atomic E-state index is 13.7. The summed E-state index contributed by atoms with van der Waals surface area (Å²) in [4.78, 5) is 0. The van der Waals surface area contributed by atoms with Gasteiger partial charge in [0.2, 0.25) is 5.82 Å². The van der Waals surface area contributed by atoms with Crippen LogP contribution in [0.5, 0.6) is 0 Å². The van der Waals surface area contributed by atoms with Gasteiger partial charge in [-0.1, -0.05) is 13.8 Å². The van der Waals surface area contributed by atoms with Gasteiger partial charge in [0.1, 0.15) is 0 Å². The fourth-order valence-electron chi connectivity index (χ4n) is 3.38. The summed E-state index contributed by atoms with van der Waals surface area (Å²) in [6, 6.07) is 0. The van der Waals surface area contributed by atoms with Crippen LogP contribution in [-0.2, 0) is 0 Å². The van der Waals surface area contributed by atoms with Gasteiger partial charge in [-0.05, 0) is 37.0 Å². The van der Waals surface area contributed by atoms with Crippen molar-refractivity contribution >= 4 is 0 Å². The number of hydrogen-bond acceptors (Lipinski definition) is 1. The highest BCUT2D eigenvalue weighted by atomic mass is 19.2. The van der Waals surface area contributed by atoms with Crippen molar-refractivity contribution in [2.24, 2.45) is 17.8 Å². The average molecular weight is 308 g/mol. The SMILES string of the molecule is CC1CC(C)CC(C(O)c2c(F)c(F)c(F)c(F)c2F)C1. The fraction of sp³-hybridized carbons (Fsp3) is 0.600. The second kappa shape index (κ2) is 5.91. The summed E-state index contributed by atoms with van der Waals surface area (Å²) < 4.78 is 66.9. The Morgan fingerprint density at radius 2 is 1.14 bits per heavy atom. The van der Waals surface area contributed by atoms with Gasteiger partial charge in [-0.25, -0.2) is 22.0 Å². The van der Waals surface area contributed by atoms with Gasteiger partial charge in [0.15, 0.2) is 23.3 Å². The Balaban J connectivity index is 2.42. The van der Waals surface area contributed by atoms with E-state index in [2.05, 4.69) is 0 Å². The molecule has 0 saturated heterocycles. The maximum Gasteiger partial charge on any atom is 0.200 e. The lowest BCUT2D eigenvalue weighted by Gasteiger charge is -2.34. The minimum atomic E-state index is -2.20. The number of benzene rings is 1. The van der Waals surface area contributed by atoms with Crippen molar-refractivity contribution in [2.45, 2.75) is 39.2 Å². The van der Waals surface area contributed by atoms with Gasteiger partial charge in [0.05, 0.1) is 11.7 Å². The van der Waals surface area contributed by atoms with Crippen LogP contribution in [0.4, 0.5) is 22.0 Å². The zero-order valence-electron chi connectivity index (χ0n) is 11.8. The van der Waals surface area contributed by atoms with Gasteiger partial charge in [0, 0.05) is 0 Å². The van der Waals surface area contributed by atoms with Crippen molar-refractivity contribution in [3.63, 3.8) is 0 Å². The highest BCUT2D eigenvalue weighted by Gasteiger charge is 2.36. The predicted molar refractivity (Wildman–Crippen MR) is 66.9 cm³/mol. The normalized spacial score (nSPS) is 27.7. The molecule has 0 spiro atoms. The summed E-state index contributed by atoms with van der Waals surface area (Å²) in [5.41, 5.74) is -1.11. The first-order chi connectivity index (χ1) is 9.73. The maximum absolute atomic E-state index is 13.7. The van der Waals surface area contributed by atoms with E-state index in [1.54, 1.807) is 0 Å². The highest BCUT2D eigenvalue weighted by Crippen LogP contribution is 2.41. The van der Waals surface area contributed by atoms with E-state index in [9.17, 15) is 27.1 Å². The molecule has 2 rings (SSSR count). The van der Waals surface area contributed by atoms with Crippen molar-refractivity contribution < 1.29 is 27.1 Å². The van der Waals surface area contributed by atoms with Crippen LogP contribution in [-0.4, -0.2) is 5.11 Å². The largest absolute Gasteiger partial charge is 0.388 e. The zero-order valence-corrected chi connectivity index (χ0v) is 11.8. The number of hydrogen-bond donors (Lipinski definition) is 1. The molecule has 0 aromatic heterocycles. The third-order valence-corrected chi connectivity index (χ3v) is 4.20. The first-order valence-electron chi connectivity index (χ1n) is 6.93. The van der Waals surface area contributed by atoms with Crippen molar-refractivity contribution in [1.82, 2.24) is 0 Å². The van der Waals surface area contributed by atoms with Crippen LogP contribution in [0.25, 0.3) is 0 Å². The lowest BCUT2D eigenvalue weighted by molar-refractivity contribution is 0.0484. The molecule has 1 fully saturated rings. The molecule has 1 nitrogen and oxygen atoms in total. The summed E-state index contributed by atoms with van der Waals surface area (Å²) in [7, 11) is 0. The number of aliphatic hydroxyl groups excluding tert-OH is 1. The second-order valence-corrected chi connectivity index (χ2v) is 6.11. The van der Waals surface area contributed by atoms with Crippen LogP contribution >= 0.6 is 0 Å². The molecule has 1 aromatic rings. The van der Waals surface area contributed by atoms with Gasteiger partial charge in [-0.2, -0.15) is 0 Å². The third kappa shape index (κ3) is 2.91. The summed E-state index contributed by atoms with van der Waals surface area (Å²) in [6.45, 7) is 3.88. The third-order valence-electron chi connectivity index (χ3n) is 4.20. The van der Waals surface area contributed by atoms with E-state index >= 15 is 0 Å². The Kier molecular flexibility index (Phi) is 4.56. The second-order valence-electron chi connectivity index (χ2n) is 6.11. The van der Waals surface area contributed by atoms with Gasteiger partial charge < -0.3 is 5.11 Å². The lowest BCUT2D eigenvalue weighted by atomic mass is 9.73. The quantitative estimate of drug-likeness (QED) is 0.485. The van der Waals surface area contributed by atoms with E-state index in [1.165, 1.54) is 0 Å². The Morgan fingerprint density at radius 3 is 1.57 bits per heavy atom. The molecule has 1 aliphatic rings. The van der Waals surface area contributed by atoms with Crippen molar-refractivity contribution in [3.8, 4) is 0 Å². The highest BCUT2D eigenvalue weighted by molar-refractivity contribution is 5.26. The zero-order chi connectivity index (χ0) is 15.9. The number of aliphatic hydroxyl groups is 1. The molecule has 3 unspecified atom stereocenters. The first kappa shape index (κ1) is 16.2. The molecule has 0 amide bonds. The molecule has 0 heterocycles. The van der Waals surface area contributed by atoms with Gasteiger partial charge >= 0.3 is 0 Å². The summed E-state index contributed by atoms with van der Waals surface area (Å²) in [5, 5.41) is 10.1. The molecule has 0 bridgehead atoms. The van der Waals surface area contributed by atoms with Gasteiger partial charge in [-0.15, -0.1) is 0 Å². The predicted octanol–water partition coefficient (Wildman–Crippen LogP) is 4.49. The molecule has 0 aliphatic heterocycles. The number of rotatable bonds is 2. The van der Waals surface area contributed by atoms with E-state index in [1.807, 2.05) is 13.8 Å². The van der Waals surface area contributed by atoms with E-state index in [0.717, 1.165) is 6.42 Å². The average Bonchev–Trinajstić information content (AvgIpc) is 2.42. The Hall–Kier alpha value is -1.17. The van der Waals surface area contributed by atoms with Crippen LogP contribution in [0.2, 0.25) is 0 Å². The Bertz CT molecular complexity index is 506. The molecule has 0 radical (unpaired) electrons. The van der Waals surface area contributed by atoms with E-state index in [0.29, 0.717) is 12.8 Å². The summed E-state index contributed by atoms with van der Waals surface area (Å²) in [6.07, 6.45) is 0.205. The minimum Gasteiger partial charge on any atom is -0.388 e. The molecule has 1 aliphatic carbocycles. The molecule has 1 N–H and O–H groups in total. The van der Waals surface area contributed by atoms with E-state index < -0.39 is 46.7 Å². The van der Waals surface area contributed by atoms with E-state index in [-0.39, 0.29) is 11.8 Å². The molecule has 21 heavy (non-hydrogen) atoms. The summed E-state index contributed by atoms with van der Waals surface area (Å²) in [5.74, 6) is -10.2. The van der Waals surface area contributed by atoms with Gasteiger partial charge in [-0.3, -0.25) is 0 Å². The minimum absolute atomic E-state index is 0.231. The molecule has 118 valence electrons. The van der Waals surface area contributed by atoms with Crippen LogP contribution in [0.15, 0.2) is 0 Å². The topological polar surface area (TPSA) is 20.2 Å². The molecule has 1 aromatic carbocycles. The number of halogens is 5. The molecule has 1 saturated carbocycles. The molecular formula is C15H17F5O. The fourth-order valence-corrected chi connectivity index (χ4v) is 3.38. The molecule has 3 atom stereocenters. The Labute approximate surface area is 119 Å². The van der Waals surface area contributed by atoms with E-state index in [4.69, 9.17) is 0 Å². The van der Waals surface area contributed by atoms with Crippen LogP contribution in [0.3, 0.4) is 0 Å². The van der Waals surface area contributed by atoms with Crippen molar-refractivity contribution in [1.29, 1.82) is 0 Å². The molecular weight excluding hydrogens is 291 g/mol. The van der Waals surface area contributed by atoms with Crippen LogP contribution in [0, 0.1) is 46.8 Å². The van der Waals surface area contributed by atoms with Gasteiger partial charge in [0.25, 0.3) is 0 Å².